The number of rotatable bonds is 4. The summed E-state index contributed by atoms with van der Waals surface area (Å²) in [5.41, 5.74) is 4.73. The fourth-order valence-electron chi connectivity index (χ4n) is 1.56. The maximum atomic E-state index is 5.55. The Hall–Kier alpha value is -1.79. The van der Waals surface area contributed by atoms with E-state index in [-0.39, 0.29) is 6.04 Å². The van der Waals surface area contributed by atoms with Gasteiger partial charge in [0.25, 0.3) is 0 Å². The molecule has 2 aromatic rings. The summed E-state index contributed by atoms with van der Waals surface area (Å²) in [4.78, 5) is 0. The largest absolute Gasteiger partial charge is 0.273 e. The van der Waals surface area contributed by atoms with Crippen molar-refractivity contribution in [1.29, 1.82) is 0 Å². The number of hydrogen-bond acceptors (Lipinski definition) is 5. The SMILES string of the molecule is CCn1cc(C(NN)c2ccnnc2)cn1. The Bertz CT molecular complexity index is 438. The summed E-state index contributed by atoms with van der Waals surface area (Å²) in [7, 11) is 0. The molecule has 0 aliphatic heterocycles. The van der Waals surface area contributed by atoms with E-state index in [2.05, 4.69) is 20.7 Å². The molecule has 6 nitrogen and oxygen atoms in total. The van der Waals surface area contributed by atoms with E-state index in [1.54, 1.807) is 18.6 Å². The van der Waals surface area contributed by atoms with Crippen LogP contribution in [0.3, 0.4) is 0 Å². The molecule has 2 rings (SSSR count). The van der Waals surface area contributed by atoms with Gasteiger partial charge in [-0.05, 0) is 18.6 Å². The van der Waals surface area contributed by atoms with Crippen molar-refractivity contribution >= 4 is 0 Å². The fraction of sp³-hybridized carbons (Fsp3) is 0.300. The topological polar surface area (TPSA) is 81.7 Å². The van der Waals surface area contributed by atoms with Crippen LogP contribution >= 0.6 is 0 Å². The van der Waals surface area contributed by atoms with E-state index in [1.165, 1.54) is 0 Å². The molecule has 0 saturated heterocycles. The van der Waals surface area contributed by atoms with Gasteiger partial charge in [0.1, 0.15) is 0 Å². The quantitative estimate of drug-likeness (QED) is 0.567. The molecule has 84 valence electrons. The number of nitrogens with zero attached hydrogens (tertiary/aromatic N) is 4. The molecule has 0 radical (unpaired) electrons. The summed E-state index contributed by atoms with van der Waals surface area (Å²) in [5.74, 6) is 5.55. The molecule has 1 unspecified atom stereocenters. The van der Waals surface area contributed by atoms with Crippen molar-refractivity contribution in [3.63, 3.8) is 0 Å². The van der Waals surface area contributed by atoms with E-state index in [0.717, 1.165) is 17.7 Å². The lowest BCUT2D eigenvalue weighted by molar-refractivity contribution is 0.626. The van der Waals surface area contributed by atoms with Crippen LogP contribution in [-0.4, -0.2) is 20.0 Å². The van der Waals surface area contributed by atoms with Crippen molar-refractivity contribution in [2.45, 2.75) is 19.5 Å². The van der Waals surface area contributed by atoms with Gasteiger partial charge in [0.2, 0.25) is 0 Å². The van der Waals surface area contributed by atoms with Crippen molar-refractivity contribution in [3.05, 3.63) is 42.0 Å². The minimum atomic E-state index is -0.101. The molecule has 16 heavy (non-hydrogen) atoms. The third-order valence-electron chi connectivity index (χ3n) is 2.42. The maximum Gasteiger partial charge on any atom is 0.0756 e. The van der Waals surface area contributed by atoms with Crippen molar-refractivity contribution < 1.29 is 0 Å². The summed E-state index contributed by atoms with van der Waals surface area (Å²) >= 11 is 0. The molecule has 2 aromatic heterocycles. The Morgan fingerprint density at radius 1 is 1.38 bits per heavy atom. The van der Waals surface area contributed by atoms with E-state index >= 15 is 0 Å². The highest BCUT2D eigenvalue weighted by atomic mass is 15.3. The van der Waals surface area contributed by atoms with E-state index < -0.39 is 0 Å². The van der Waals surface area contributed by atoms with Crippen LogP contribution in [0, 0.1) is 0 Å². The summed E-state index contributed by atoms with van der Waals surface area (Å²) in [5, 5.41) is 11.8. The molecule has 0 fully saturated rings. The van der Waals surface area contributed by atoms with E-state index in [0.29, 0.717) is 0 Å². The Morgan fingerprint density at radius 3 is 2.81 bits per heavy atom. The molecule has 0 bridgehead atoms. The van der Waals surface area contributed by atoms with Crippen LogP contribution in [0.2, 0.25) is 0 Å². The lowest BCUT2D eigenvalue weighted by atomic mass is 10.1. The first-order valence-corrected chi connectivity index (χ1v) is 5.10. The van der Waals surface area contributed by atoms with Crippen LogP contribution < -0.4 is 11.3 Å². The molecule has 0 aromatic carbocycles. The second-order valence-electron chi connectivity index (χ2n) is 3.40. The second-order valence-corrected chi connectivity index (χ2v) is 3.40. The maximum absolute atomic E-state index is 5.55. The van der Waals surface area contributed by atoms with Crippen molar-refractivity contribution in [2.24, 2.45) is 5.84 Å². The Kier molecular flexibility index (Phi) is 3.23. The summed E-state index contributed by atoms with van der Waals surface area (Å²) in [6.07, 6.45) is 7.09. The average Bonchev–Trinajstić information content (AvgIpc) is 2.80. The van der Waals surface area contributed by atoms with Gasteiger partial charge in [-0.1, -0.05) is 0 Å². The zero-order chi connectivity index (χ0) is 11.4. The van der Waals surface area contributed by atoms with Gasteiger partial charge in [-0.2, -0.15) is 15.3 Å². The lowest BCUT2D eigenvalue weighted by Crippen LogP contribution is -2.28. The number of nitrogens with one attached hydrogen (secondary N) is 1. The van der Waals surface area contributed by atoms with E-state index in [4.69, 9.17) is 5.84 Å². The van der Waals surface area contributed by atoms with E-state index in [1.807, 2.05) is 23.9 Å². The summed E-state index contributed by atoms with van der Waals surface area (Å²) in [6.45, 7) is 2.88. The van der Waals surface area contributed by atoms with Crippen LogP contribution in [-0.2, 0) is 6.54 Å². The first kappa shape index (κ1) is 10.7. The first-order valence-electron chi connectivity index (χ1n) is 5.10. The van der Waals surface area contributed by atoms with Crippen LogP contribution in [0.1, 0.15) is 24.1 Å². The Balaban J connectivity index is 2.29. The van der Waals surface area contributed by atoms with Gasteiger partial charge in [-0.25, -0.2) is 5.43 Å². The standard InChI is InChI=1S/C10H14N6/c1-2-16-7-9(6-14-16)10(15-11)8-3-4-12-13-5-8/h3-7,10,15H,2,11H2,1H3. The smallest absolute Gasteiger partial charge is 0.0756 e. The second kappa shape index (κ2) is 4.82. The van der Waals surface area contributed by atoms with Crippen molar-refractivity contribution in [1.82, 2.24) is 25.4 Å². The number of aromatic nitrogens is 4. The van der Waals surface area contributed by atoms with Crippen LogP contribution in [0.25, 0.3) is 0 Å². The zero-order valence-corrected chi connectivity index (χ0v) is 9.04. The first-order chi connectivity index (χ1) is 7.85. The third kappa shape index (κ3) is 2.07. The molecular formula is C10H14N6. The highest BCUT2D eigenvalue weighted by Gasteiger charge is 2.14. The zero-order valence-electron chi connectivity index (χ0n) is 9.04. The minimum Gasteiger partial charge on any atom is -0.273 e. The molecule has 0 aliphatic carbocycles. The fourth-order valence-corrected chi connectivity index (χ4v) is 1.56. The lowest BCUT2D eigenvalue weighted by Gasteiger charge is -2.13. The van der Waals surface area contributed by atoms with Gasteiger partial charge in [0.05, 0.1) is 18.4 Å². The molecule has 1 atom stereocenters. The predicted octanol–water partition coefficient (Wildman–Crippen LogP) is 0.246. The molecule has 0 amide bonds. The van der Waals surface area contributed by atoms with Gasteiger partial charge >= 0.3 is 0 Å². The molecule has 2 heterocycles. The molecular weight excluding hydrogens is 204 g/mol. The minimum absolute atomic E-state index is 0.101. The number of aryl methyl sites for hydroxylation is 1. The third-order valence-corrected chi connectivity index (χ3v) is 2.42. The monoisotopic (exact) mass is 218 g/mol. The number of nitrogens with two attached hydrogens (primary N) is 1. The van der Waals surface area contributed by atoms with Gasteiger partial charge in [0, 0.05) is 24.5 Å². The highest BCUT2D eigenvalue weighted by Crippen LogP contribution is 2.19. The van der Waals surface area contributed by atoms with Crippen molar-refractivity contribution in [3.8, 4) is 0 Å². The van der Waals surface area contributed by atoms with E-state index in [9.17, 15) is 0 Å². The number of hydrazine groups is 1. The summed E-state index contributed by atoms with van der Waals surface area (Å²) in [6, 6.07) is 1.77. The Labute approximate surface area is 93.5 Å². The van der Waals surface area contributed by atoms with Crippen molar-refractivity contribution in [2.75, 3.05) is 0 Å². The molecule has 0 aliphatic rings. The average molecular weight is 218 g/mol. The molecule has 6 heteroatoms. The Morgan fingerprint density at radius 2 is 2.25 bits per heavy atom. The molecule has 0 saturated carbocycles. The highest BCUT2D eigenvalue weighted by molar-refractivity contribution is 5.25. The number of hydrogen-bond donors (Lipinski definition) is 2. The van der Waals surface area contributed by atoms with Crippen LogP contribution in [0.15, 0.2) is 30.9 Å². The molecule has 0 spiro atoms. The van der Waals surface area contributed by atoms with Gasteiger partial charge in [-0.3, -0.25) is 10.5 Å². The summed E-state index contributed by atoms with van der Waals surface area (Å²) < 4.78 is 1.86. The van der Waals surface area contributed by atoms with Gasteiger partial charge < -0.3 is 0 Å². The normalized spacial score (nSPS) is 12.6. The van der Waals surface area contributed by atoms with Crippen LogP contribution in [0.5, 0.6) is 0 Å². The van der Waals surface area contributed by atoms with Gasteiger partial charge in [-0.15, -0.1) is 0 Å². The molecule has 3 N–H and O–H groups in total. The van der Waals surface area contributed by atoms with Gasteiger partial charge in [0.15, 0.2) is 0 Å². The van der Waals surface area contributed by atoms with Crippen LogP contribution in [0.4, 0.5) is 0 Å². The predicted molar refractivity (Wildman–Crippen MR) is 59.1 cm³/mol.